The third-order valence-corrected chi connectivity index (χ3v) is 9.25. The molecule has 3 aromatic rings. The van der Waals surface area contributed by atoms with Crippen molar-refractivity contribution in [3.05, 3.63) is 45.6 Å². The van der Waals surface area contributed by atoms with Gasteiger partial charge in [-0.1, -0.05) is 29.7 Å². The van der Waals surface area contributed by atoms with Gasteiger partial charge in [-0.05, 0) is 50.5 Å². The summed E-state index contributed by atoms with van der Waals surface area (Å²) >= 11 is 7.46. The van der Waals surface area contributed by atoms with Gasteiger partial charge in [-0.3, -0.25) is 4.79 Å². The van der Waals surface area contributed by atoms with Crippen LogP contribution in [-0.2, 0) is 21.2 Å². The number of hydrogen-bond donors (Lipinski definition) is 1. The maximum absolute atomic E-state index is 13.4. The number of nitrogens with zero attached hydrogens (tertiary/aromatic N) is 3. The summed E-state index contributed by atoms with van der Waals surface area (Å²) in [4.78, 5) is 18.7. The Bertz CT molecular complexity index is 1290. The summed E-state index contributed by atoms with van der Waals surface area (Å²) in [7, 11) is -3.77. The molecule has 0 radical (unpaired) electrons. The van der Waals surface area contributed by atoms with Crippen molar-refractivity contribution < 1.29 is 17.7 Å². The van der Waals surface area contributed by atoms with Gasteiger partial charge in [-0.15, -0.1) is 11.3 Å². The Morgan fingerprint density at radius 2 is 2.12 bits per heavy atom. The van der Waals surface area contributed by atoms with Crippen molar-refractivity contribution in [2.45, 2.75) is 44.9 Å². The van der Waals surface area contributed by atoms with Crippen molar-refractivity contribution >= 4 is 44.6 Å². The number of carbonyl (C=O) groups excluding carboxylic acids is 1. The largest absolute Gasteiger partial charge is 0.339 e. The number of rotatable bonds is 6. The summed E-state index contributed by atoms with van der Waals surface area (Å²) in [5.41, 5.74) is 1.52. The van der Waals surface area contributed by atoms with Crippen molar-refractivity contribution in [1.82, 2.24) is 14.4 Å². The number of amides is 1. The lowest BCUT2D eigenvalue weighted by atomic mass is 9.98. The van der Waals surface area contributed by atoms with E-state index in [2.05, 4.69) is 15.5 Å². The van der Waals surface area contributed by atoms with Gasteiger partial charge in [-0.25, -0.2) is 8.42 Å². The molecule has 1 amide bonds. The second-order valence-electron chi connectivity index (χ2n) is 8.05. The van der Waals surface area contributed by atoms with E-state index in [-0.39, 0.29) is 17.3 Å². The van der Waals surface area contributed by atoms with Gasteiger partial charge in [0.05, 0.1) is 15.7 Å². The smallest absolute Gasteiger partial charge is 0.244 e. The molecule has 11 heteroatoms. The van der Waals surface area contributed by atoms with Crippen LogP contribution >= 0.6 is 22.9 Å². The van der Waals surface area contributed by atoms with E-state index in [1.807, 2.05) is 19.9 Å². The van der Waals surface area contributed by atoms with Gasteiger partial charge in [0, 0.05) is 35.1 Å². The summed E-state index contributed by atoms with van der Waals surface area (Å²) in [6, 6.07) is 6.91. The van der Waals surface area contributed by atoms with Gasteiger partial charge < -0.3 is 9.84 Å². The number of halogens is 1. The summed E-state index contributed by atoms with van der Waals surface area (Å²) in [6.45, 7) is 6.05. The second kappa shape index (κ2) is 9.54. The zero-order chi connectivity index (χ0) is 23.8. The van der Waals surface area contributed by atoms with Crippen LogP contribution in [-0.4, -0.2) is 41.9 Å². The van der Waals surface area contributed by atoms with Gasteiger partial charge in [0.15, 0.2) is 0 Å². The standard InChI is InChI=1S/C22H25ClN4O4S2/c1-4-20-25-21(26-31-20)18-11-19(14(3)32-18)33(29,30)27-9-5-6-15(12-27)22(28)24-16-8-7-13(2)17(23)10-16/h7-8,10-11,15H,4-6,9,12H2,1-3H3,(H,24,28). The number of aryl methyl sites for hydroxylation is 3. The number of piperidine rings is 1. The quantitative estimate of drug-likeness (QED) is 0.518. The van der Waals surface area contributed by atoms with Crippen LogP contribution in [0.25, 0.3) is 10.7 Å². The van der Waals surface area contributed by atoms with Gasteiger partial charge in [0.1, 0.15) is 0 Å². The minimum atomic E-state index is -3.77. The summed E-state index contributed by atoms with van der Waals surface area (Å²) in [5, 5.41) is 7.38. The molecular weight excluding hydrogens is 484 g/mol. The number of hydrogen-bond acceptors (Lipinski definition) is 7. The molecule has 0 bridgehead atoms. The van der Waals surface area contributed by atoms with Crippen LogP contribution in [0.5, 0.6) is 0 Å². The Morgan fingerprint density at radius 3 is 2.82 bits per heavy atom. The van der Waals surface area contributed by atoms with Crippen LogP contribution in [0, 0.1) is 19.8 Å². The zero-order valence-corrected chi connectivity index (χ0v) is 21.0. The molecular formula is C22H25ClN4O4S2. The number of thiophene rings is 1. The first-order valence-corrected chi connectivity index (χ1v) is 13.3. The third kappa shape index (κ3) is 4.98. The van der Waals surface area contributed by atoms with E-state index in [0.29, 0.717) is 58.0 Å². The number of nitrogens with one attached hydrogen (secondary N) is 1. The van der Waals surface area contributed by atoms with Crippen molar-refractivity contribution in [3.8, 4) is 10.7 Å². The number of anilines is 1. The van der Waals surface area contributed by atoms with E-state index in [1.54, 1.807) is 25.1 Å². The molecule has 1 saturated heterocycles. The highest BCUT2D eigenvalue weighted by Gasteiger charge is 2.35. The molecule has 4 rings (SSSR count). The van der Waals surface area contributed by atoms with Crippen LogP contribution in [0.4, 0.5) is 5.69 Å². The molecule has 2 aromatic heterocycles. The Hall–Kier alpha value is -2.27. The first kappa shape index (κ1) is 23.9. The summed E-state index contributed by atoms with van der Waals surface area (Å²) in [5.74, 6) is 0.224. The molecule has 1 unspecified atom stereocenters. The number of carbonyl (C=O) groups is 1. The lowest BCUT2D eigenvalue weighted by Gasteiger charge is -2.31. The Balaban J connectivity index is 1.51. The van der Waals surface area contributed by atoms with Gasteiger partial charge in [0.25, 0.3) is 0 Å². The fourth-order valence-corrected chi connectivity index (χ4v) is 6.95. The van der Waals surface area contributed by atoms with Gasteiger partial charge in [0.2, 0.25) is 27.6 Å². The van der Waals surface area contributed by atoms with Crippen molar-refractivity contribution in [3.63, 3.8) is 0 Å². The Kier molecular flexibility index (Phi) is 6.90. The highest BCUT2D eigenvalue weighted by atomic mass is 35.5. The van der Waals surface area contributed by atoms with Crippen LogP contribution in [0.2, 0.25) is 5.02 Å². The first-order valence-electron chi connectivity index (χ1n) is 10.7. The lowest BCUT2D eigenvalue weighted by molar-refractivity contribution is -0.120. The Morgan fingerprint density at radius 1 is 1.33 bits per heavy atom. The molecule has 1 fully saturated rings. The third-order valence-electron chi connectivity index (χ3n) is 5.68. The number of benzene rings is 1. The molecule has 1 aliphatic rings. The fraction of sp³-hybridized carbons (Fsp3) is 0.409. The number of aromatic nitrogens is 2. The molecule has 0 saturated carbocycles. The second-order valence-corrected chi connectivity index (χ2v) is 11.6. The molecule has 33 heavy (non-hydrogen) atoms. The average Bonchev–Trinajstić information content (AvgIpc) is 3.43. The molecule has 0 spiro atoms. The first-order chi connectivity index (χ1) is 15.7. The molecule has 8 nitrogen and oxygen atoms in total. The Labute approximate surface area is 202 Å². The molecule has 1 aliphatic heterocycles. The fourth-order valence-electron chi connectivity index (χ4n) is 3.76. The highest BCUT2D eigenvalue weighted by molar-refractivity contribution is 7.89. The molecule has 0 aliphatic carbocycles. The normalized spacial score (nSPS) is 17.3. The lowest BCUT2D eigenvalue weighted by Crippen LogP contribution is -2.43. The summed E-state index contributed by atoms with van der Waals surface area (Å²) < 4.78 is 33.4. The molecule has 3 heterocycles. The van der Waals surface area contributed by atoms with Crippen LogP contribution in [0.1, 0.15) is 36.1 Å². The highest BCUT2D eigenvalue weighted by Crippen LogP contribution is 2.35. The molecule has 1 aromatic carbocycles. The van der Waals surface area contributed by atoms with E-state index >= 15 is 0 Å². The predicted octanol–water partition coefficient (Wildman–Crippen LogP) is 4.67. The average molecular weight is 509 g/mol. The van der Waals surface area contributed by atoms with Crippen LogP contribution in [0.15, 0.2) is 33.7 Å². The zero-order valence-electron chi connectivity index (χ0n) is 18.6. The van der Waals surface area contributed by atoms with E-state index in [9.17, 15) is 13.2 Å². The molecule has 176 valence electrons. The van der Waals surface area contributed by atoms with E-state index in [0.717, 1.165) is 5.56 Å². The SMILES string of the molecule is CCc1nc(-c2cc(S(=O)(=O)N3CCCC(C(=O)Nc4ccc(C)c(Cl)c4)C3)c(C)s2)no1. The summed E-state index contributed by atoms with van der Waals surface area (Å²) in [6.07, 6.45) is 1.83. The van der Waals surface area contributed by atoms with Crippen molar-refractivity contribution in [2.24, 2.45) is 5.92 Å². The van der Waals surface area contributed by atoms with Gasteiger partial charge in [-0.2, -0.15) is 9.29 Å². The monoisotopic (exact) mass is 508 g/mol. The van der Waals surface area contributed by atoms with E-state index in [1.165, 1.54) is 15.6 Å². The van der Waals surface area contributed by atoms with Gasteiger partial charge >= 0.3 is 0 Å². The minimum Gasteiger partial charge on any atom is -0.339 e. The topological polar surface area (TPSA) is 105 Å². The maximum Gasteiger partial charge on any atom is 0.244 e. The van der Waals surface area contributed by atoms with Crippen LogP contribution < -0.4 is 5.32 Å². The van der Waals surface area contributed by atoms with Crippen molar-refractivity contribution in [1.29, 1.82) is 0 Å². The van der Waals surface area contributed by atoms with E-state index in [4.69, 9.17) is 16.1 Å². The maximum atomic E-state index is 13.4. The van der Waals surface area contributed by atoms with E-state index < -0.39 is 15.9 Å². The molecule has 1 atom stereocenters. The van der Waals surface area contributed by atoms with Crippen LogP contribution in [0.3, 0.4) is 0 Å². The predicted molar refractivity (Wildman–Crippen MR) is 128 cm³/mol. The number of sulfonamides is 1. The molecule has 1 N–H and O–H groups in total. The minimum absolute atomic E-state index is 0.126. The van der Waals surface area contributed by atoms with Crippen molar-refractivity contribution in [2.75, 3.05) is 18.4 Å².